The van der Waals surface area contributed by atoms with Gasteiger partial charge >= 0.3 is 0 Å². The van der Waals surface area contributed by atoms with E-state index >= 15 is 0 Å². The molecule has 0 unspecified atom stereocenters. The Labute approximate surface area is 185 Å². The largest absolute Gasteiger partial charge is 0.359 e. The van der Waals surface area contributed by atoms with Crippen LogP contribution >= 0.6 is 0 Å². The van der Waals surface area contributed by atoms with Crippen LogP contribution < -0.4 is 5.32 Å². The fourth-order valence-corrected chi connectivity index (χ4v) is 3.87. The van der Waals surface area contributed by atoms with Crippen molar-refractivity contribution in [2.75, 3.05) is 6.61 Å². The summed E-state index contributed by atoms with van der Waals surface area (Å²) >= 11 is 0. The number of amides is 2. The van der Waals surface area contributed by atoms with Gasteiger partial charge in [-0.2, -0.15) is 0 Å². The van der Waals surface area contributed by atoms with Gasteiger partial charge in [-0.1, -0.05) is 35.5 Å². The van der Waals surface area contributed by atoms with Crippen molar-refractivity contribution in [3.05, 3.63) is 77.8 Å². The van der Waals surface area contributed by atoms with Crippen LogP contribution in [0, 0.1) is 5.82 Å². The van der Waals surface area contributed by atoms with E-state index < -0.39 is 12.1 Å². The Morgan fingerprint density at radius 1 is 1.19 bits per heavy atom. The number of rotatable bonds is 6. The Balaban J connectivity index is 1.49. The maximum atomic E-state index is 13.1. The number of carbonyl (C=O) groups is 2. The molecule has 2 amide bonds. The summed E-state index contributed by atoms with van der Waals surface area (Å²) in [6.45, 7) is 3.78. The number of nitrogens with one attached hydrogen (secondary N) is 1. The van der Waals surface area contributed by atoms with Gasteiger partial charge in [-0.15, -0.1) is 0 Å². The van der Waals surface area contributed by atoms with Gasteiger partial charge < -0.3 is 19.5 Å². The van der Waals surface area contributed by atoms with Gasteiger partial charge in [-0.25, -0.2) is 4.39 Å². The Bertz CT molecular complexity index is 1080. The lowest BCUT2D eigenvalue weighted by Crippen LogP contribution is -2.56. The van der Waals surface area contributed by atoms with Crippen molar-refractivity contribution in [2.45, 2.75) is 38.6 Å². The van der Waals surface area contributed by atoms with Crippen molar-refractivity contribution in [1.82, 2.24) is 15.4 Å². The van der Waals surface area contributed by atoms with E-state index in [0.717, 1.165) is 5.56 Å². The molecule has 0 bridgehead atoms. The molecule has 1 N–H and O–H groups in total. The highest BCUT2D eigenvalue weighted by atomic mass is 19.1. The molecular formula is C24H24FN3O4. The molecule has 0 aliphatic carbocycles. The second-order valence-corrected chi connectivity index (χ2v) is 7.89. The van der Waals surface area contributed by atoms with Crippen molar-refractivity contribution < 1.29 is 23.2 Å². The van der Waals surface area contributed by atoms with Crippen LogP contribution in [0.5, 0.6) is 0 Å². The molecule has 0 spiro atoms. The Morgan fingerprint density at radius 2 is 1.91 bits per heavy atom. The average Bonchev–Trinajstić information content (AvgIpc) is 3.27. The number of hydrogen-bond donors (Lipinski definition) is 1. The first-order valence-electron chi connectivity index (χ1n) is 10.4. The molecule has 1 saturated heterocycles. The molecular weight excluding hydrogens is 413 g/mol. The molecule has 2 heterocycles. The van der Waals surface area contributed by atoms with Gasteiger partial charge in [-0.3, -0.25) is 9.59 Å². The smallest absolute Gasteiger partial charge is 0.252 e. The number of nitrogens with zero attached hydrogens (tertiary/aromatic N) is 2. The number of carbonyl (C=O) groups excluding carboxylic acids is 2. The standard InChI is InChI=1S/C24H24FN3O4/c1-15(2)28-21(29)14-31-23(22(28)17-6-4-3-5-7-17)24(30)26-13-19-12-20(27-32-19)16-8-10-18(25)11-9-16/h3-12,15,22-23H,13-14H2,1-2H3,(H,26,30)/t22-,23+/m1/s1. The number of morpholine rings is 1. The third-order valence-electron chi connectivity index (χ3n) is 5.35. The van der Waals surface area contributed by atoms with E-state index in [4.69, 9.17) is 9.26 Å². The summed E-state index contributed by atoms with van der Waals surface area (Å²) in [6.07, 6.45) is -0.864. The summed E-state index contributed by atoms with van der Waals surface area (Å²) in [5.74, 6) is -0.394. The summed E-state index contributed by atoms with van der Waals surface area (Å²) in [7, 11) is 0. The monoisotopic (exact) mass is 437 g/mol. The number of ether oxygens (including phenoxy) is 1. The van der Waals surface area contributed by atoms with Crippen molar-refractivity contribution in [3.8, 4) is 11.3 Å². The highest BCUT2D eigenvalue weighted by molar-refractivity contribution is 5.86. The first-order valence-corrected chi connectivity index (χ1v) is 10.4. The molecule has 0 radical (unpaired) electrons. The average molecular weight is 437 g/mol. The number of benzene rings is 2. The van der Waals surface area contributed by atoms with Gasteiger partial charge in [0.05, 0.1) is 12.6 Å². The van der Waals surface area contributed by atoms with E-state index in [0.29, 0.717) is 17.0 Å². The first kappa shape index (κ1) is 21.7. The quantitative estimate of drug-likeness (QED) is 0.638. The van der Waals surface area contributed by atoms with E-state index in [1.54, 1.807) is 23.1 Å². The van der Waals surface area contributed by atoms with Gasteiger partial charge in [0.25, 0.3) is 5.91 Å². The molecule has 4 rings (SSSR count). The molecule has 0 saturated carbocycles. The lowest BCUT2D eigenvalue weighted by Gasteiger charge is -2.42. The van der Waals surface area contributed by atoms with Crippen molar-refractivity contribution in [3.63, 3.8) is 0 Å². The normalized spacial score (nSPS) is 18.8. The highest BCUT2D eigenvalue weighted by Crippen LogP contribution is 2.32. The van der Waals surface area contributed by atoms with Crippen LogP contribution in [-0.4, -0.2) is 40.6 Å². The Kier molecular flexibility index (Phi) is 6.32. The molecule has 1 aliphatic rings. The van der Waals surface area contributed by atoms with Gasteiger partial charge in [0, 0.05) is 17.7 Å². The molecule has 8 heteroatoms. The molecule has 1 aliphatic heterocycles. The molecule has 166 valence electrons. The van der Waals surface area contributed by atoms with E-state index in [-0.39, 0.29) is 36.8 Å². The topological polar surface area (TPSA) is 84.7 Å². The predicted octanol–water partition coefficient (Wildman–Crippen LogP) is 3.47. The molecule has 32 heavy (non-hydrogen) atoms. The van der Waals surface area contributed by atoms with Crippen molar-refractivity contribution in [2.24, 2.45) is 0 Å². The van der Waals surface area contributed by atoms with E-state index in [1.807, 2.05) is 44.2 Å². The summed E-state index contributed by atoms with van der Waals surface area (Å²) in [6, 6.07) is 16.3. The van der Waals surface area contributed by atoms with Crippen LogP contribution in [0.2, 0.25) is 0 Å². The van der Waals surface area contributed by atoms with E-state index in [1.165, 1.54) is 12.1 Å². The zero-order valence-corrected chi connectivity index (χ0v) is 17.8. The highest BCUT2D eigenvalue weighted by Gasteiger charge is 2.42. The molecule has 1 aromatic heterocycles. The Hall–Kier alpha value is -3.52. The van der Waals surface area contributed by atoms with Crippen LogP contribution in [0.15, 0.2) is 65.2 Å². The van der Waals surface area contributed by atoms with Crippen LogP contribution in [-0.2, 0) is 20.9 Å². The van der Waals surface area contributed by atoms with Crippen LogP contribution in [0.25, 0.3) is 11.3 Å². The van der Waals surface area contributed by atoms with Crippen molar-refractivity contribution >= 4 is 11.8 Å². The minimum absolute atomic E-state index is 0.0977. The minimum atomic E-state index is -0.864. The molecule has 3 aromatic rings. The molecule has 2 aromatic carbocycles. The van der Waals surface area contributed by atoms with E-state index in [9.17, 15) is 14.0 Å². The minimum Gasteiger partial charge on any atom is -0.359 e. The third-order valence-corrected chi connectivity index (χ3v) is 5.35. The second-order valence-electron chi connectivity index (χ2n) is 7.89. The summed E-state index contributed by atoms with van der Waals surface area (Å²) in [5, 5.41) is 6.80. The van der Waals surface area contributed by atoms with Gasteiger partial charge in [0.1, 0.15) is 18.1 Å². The van der Waals surface area contributed by atoms with Gasteiger partial charge in [0.2, 0.25) is 5.91 Å². The maximum absolute atomic E-state index is 13.1. The van der Waals surface area contributed by atoms with Gasteiger partial charge in [0.15, 0.2) is 11.9 Å². The lowest BCUT2D eigenvalue weighted by atomic mass is 9.96. The van der Waals surface area contributed by atoms with E-state index in [2.05, 4.69) is 10.5 Å². The summed E-state index contributed by atoms with van der Waals surface area (Å²) < 4.78 is 24.1. The number of aromatic nitrogens is 1. The fraction of sp³-hybridized carbons (Fsp3) is 0.292. The summed E-state index contributed by atoms with van der Waals surface area (Å²) in [5.41, 5.74) is 2.08. The van der Waals surface area contributed by atoms with Crippen LogP contribution in [0.4, 0.5) is 4.39 Å². The second kappa shape index (κ2) is 9.32. The molecule has 1 fully saturated rings. The zero-order valence-electron chi connectivity index (χ0n) is 17.8. The first-order chi connectivity index (χ1) is 15.4. The molecule has 2 atom stereocenters. The number of halogens is 1. The number of hydrogen-bond acceptors (Lipinski definition) is 5. The van der Waals surface area contributed by atoms with Crippen LogP contribution in [0.3, 0.4) is 0 Å². The molecule has 7 nitrogen and oxygen atoms in total. The third kappa shape index (κ3) is 4.55. The fourth-order valence-electron chi connectivity index (χ4n) is 3.87. The zero-order chi connectivity index (χ0) is 22.7. The van der Waals surface area contributed by atoms with Gasteiger partial charge in [-0.05, 0) is 43.7 Å². The Morgan fingerprint density at radius 3 is 2.59 bits per heavy atom. The van der Waals surface area contributed by atoms with Crippen molar-refractivity contribution in [1.29, 1.82) is 0 Å². The lowest BCUT2D eigenvalue weighted by molar-refractivity contribution is -0.167. The predicted molar refractivity (Wildman–Crippen MR) is 115 cm³/mol. The van der Waals surface area contributed by atoms with Crippen LogP contribution in [0.1, 0.15) is 31.2 Å². The SMILES string of the molecule is CC(C)N1C(=O)CO[C@H](C(=O)NCc2cc(-c3ccc(F)cc3)no2)[C@H]1c1ccccc1. The maximum Gasteiger partial charge on any atom is 0.252 e. The summed E-state index contributed by atoms with van der Waals surface area (Å²) in [4.78, 5) is 27.3.